The third-order valence-corrected chi connectivity index (χ3v) is 4.76. The van der Waals surface area contributed by atoms with Crippen LogP contribution in [0.5, 0.6) is 0 Å². The van der Waals surface area contributed by atoms with Crippen LogP contribution in [0.2, 0.25) is 5.02 Å². The van der Waals surface area contributed by atoms with E-state index in [2.05, 4.69) is 10.3 Å². The molecule has 0 saturated heterocycles. The van der Waals surface area contributed by atoms with Crippen molar-refractivity contribution in [2.24, 2.45) is 0 Å². The molecule has 1 amide bonds. The molecule has 0 unspecified atom stereocenters. The van der Waals surface area contributed by atoms with Gasteiger partial charge in [-0.2, -0.15) is 0 Å². The number of pyridine rings is 1. The van der Waals surface area contributed by atoms with Gasteiger partial charge in [-0.05, 0) is 48.0 Å². The largest absolute Gasteiger partial charge is 0.381 e. The summed E-state index contributed by atoms with van der Waals surface area (Å²) in [5.41, 5.74) is 4.08. The minimum Gasteiger partial charge on any atom is -0.381 e. The summed E-state index contributed by atoms with van der Waals surface area (Å²) >= 11 is 6.02. The Labute approximate surface area is 149 Å². The van der Waals surface area contributed by atoms with E-state index in [1.54, 1.807) is 24.1 Å². The van der Waals surface area contributed by atoms with Crippen molar-refractivity contribution in [1.29, 1.82) is 0 Å². The summed E-state index contributed by atoms with van der Waals surface area (Å²) < 4.78 is 0. The highest BCUT2D eigenvalue weighted by atomic mass is 35.5. The number of aromatic nitrogens is 1. The highest BCUT2D eigenvalue weighted by Crippen LogP contribution is 2.30. The van der Waals surface area contributed by atoms with E-state index >= 15 is 0 Å². The van der Waals surface area contributed by atoms with Crippen molar-refractivity contribution in [1.82, 2.24) is 4.98 Å². The lowest BCUT2D eigenvalue weighted by Crippen LogP contribution is -2.20. The summed E-state index contributed by atoms with van der Waals surface area (Å²) in [6, 6.07) is 13.0. The predicted molar refractivity (Wildman–Crippen MR) is 100 cm³/mol. The lowest BCUT2D eigenvalue weighted by molar-refractivity contribution is -0.117. The number of aromatic amines is 1. The first-order valence-electron chi connectivity index (χ1n) is 7.96. The fourth-order valence-corrected chi connectivity index (χ4v) is 3.31. The van der Waals surface area contributed by atoms with Crippen molar-refractivity contribution >= 4 is 39.8 Å². The van der Waals surface area contributed by atoms with Gasteiger partial charge in [-0.3, -0.25) is 9.59 Å². The molecule has 0 spiro atoms. The Morgan fingerprint density at radius 1 is 1.16 bits per heavy atom. The quantitative estimate of drug-likeness (QED) is 0.759. The molecule has 2 aromatic carbocycles. The molecule has 0 radical (unpaired) electrons. The van der Waals surface area contributed by atoms with E-state index in [0.717, 1.165) is 27.8 Å². The second-order valence-electron chi connectivity index (χ2n) is 6.18. The molecule has 2 heterocycles. The van der Waals surface area contributed by atoms with E-state index < -0.39 is 0 Å². The second kappa shape index (κ2) is 5.93. The molecule has 25 heavy (non-hydrogen) atoms. The van der Waals surface area contributed by atoms with Crippen LogP contribution >= 0.6 is 11.6 Å². The Morgan fingerprint density at radius 3 is 2.84 bits per heavy atom. The average Bonchev–Trinajstić information content (AvgIpc) is 2.87. The number of amides is 1. The summed E-state index contributed by atoms with van der Waals surface area (Å²) in [7, 11) is 1.78. The molecular weight excluding hydrogens is 338 g/mol. The van der Waals surface area contributed by atoms with Crippen LogP contribution in [0.1, 0.15) is 11.1 Å². The molecule has 126 valence electrons. The second-order valence-corrected chi connectivity index (χ2v) is 6.62. The summed E-state index contributed by atoms with van der Waals surface area (Å²) in [5, 5.41) is 4.78. The molecule has 0 aliphatic carbocycles. The van der Waals surface area contributed by atoms with Gasteiger partial charge in [0, 0.05) is 46.5 Å². The zero-order valence-corrected chi connectivity index (χ0v) is 14.4. The summed E-state index contributed by atoms with van der Waals surface area (Å²) in [6.07, 6.45) is 0.413. The number of carbonyl (C=O) groups excluding carboxylic acids is 1. The number of fused-ring (bicyclic) bond motifs is 2. The lowest BCUT2D eigenvalue weighted by Gasteiger charge is -2.12. The van der Waals surface area contributed by atoms with E-state index in [-0.39, 0.29) is 11.5 Å². The number of likely N-dealkylation sites (N-methyl/N-ethyl adjacent to an activating group) is 1. The molecule has 3 aromatic rings. The van der Waals surface area contributed by atoms with Gasteiger partial charge in [-0.1, -0.05) is 11.6 Å². The zero-order valence-electron chi connectivity index (χ0n) is 13.6. The highest BCUT2D eigenvalue weighted by Gasteiger charge is 2.23. The minimum absolute atomic E-state index is 0.0926. The van der Waals surface area contributed by atoms with Crippen LogP contribution in [0.4, 0.5) is 11.4 Å². The molecule has 0 bridgehead atoms. The number of anilines is 2. The Kier molecular flexibility index (Phi) is 3.73. The van der Waals surface area contributed by atoms with E-state index in [9.17, 15) is 9.59 Å². The maximum absolute atomic E-state index is 12.2. The van der Waals surface area contributed by atoms with Crippen molar-refractivity contribution in [3.8, 4) is 0 Å². The molecule has 6 heteroatoms. The van der Waals surface area contributed by atoms with E-state index in [4.69, 9.17) is 11.6 Å². The summed E-state index contributed by atoms with van der Waals surface area (Å²) in [4.78, 5) is 28.5. The van der Waals surface area contributed by atoms with Gasteiger partial charge in [0.25, 0.3) is 5.56 Å². The summed E-state index contributed by atoms with van der Waals surface area (Å²) in [6.45, 7) is 0.389. The van der Waals surface area contributed by atoms with Gasteiger partial charge in [0.05, 0.1) is 6.42 Å². The Bertz CT molecular complexity index is 1060. The molecule has 0 atom stereocenters. The van der Waals surface area contributed by atoms with Gasteiger partial charge in [-0.25, -0.2) is 0 Å². The van der Waals surface area contributed by atoms with Crippen LogP contribution in [0.15, 0.2) is 47.3 Å². The first-order valence-corrected chi connectivity index (χ1v) is 8.34. The molecule has 1 aliphatic heterocycles. The highest BCUT2D eigenvalue weighted by molar-refractivity contribution is 6.31. The van der Waals surface area contributed by atoms with Crippen LogP contribution < -0.4 is 15.8 Å². The van der Waals surface area contributed by atoms with Crippen LogP contribution in [0.25, 0.3) is 10.9 Å². The number of carbonyl (C=O) groups is 1. The van der Waals surface area contributed by atoms with Gasteiger partial charge in [0.1, 0.15) is 0 Å². The zero-order chi connectivity index (χ0) is 17.6. The molecule has 0 saturated carbocycles. The Hall–Kier alpha value is -2.79. The topological polar surface area (TPSA) is 65.2 Å². The van der Waals surface area contributed by atoms with Crippen molar-refractivity contribution in [3.05, 3.63) is 69.0 Å². The fourth-order valence-electron chi connectivity index (χ4n) is 3.13. The SMILES string of the molecule is CN1C(=O)Cc2cc(NCc3cc4cc(Cl)ccc4[nH]c3=O)ccc21. The molecule has 4 rings (SSSR count). The third kappa shape index (κ3) is 2.87. The van der Waals surface area contributed by atoms with Crippen molar-refractivity contribution in [2.45, 2.75) is 13.0 Å². The van der Waals surface area contributed by atoms with Crippen LogP contribution in [-0.4, -0.2) is 17.9 Å². The number of rotatable bonds is 3. The van der Waals surface area contributed by atoms with Crippen LogP contribution in [0.3, 0.4) is 0 Å². The smallest absolute Gasteiger partial charge is 0.253 e. The lowest BCUT2D eigenvalue weighted by atomic mass is 10.1. The van der Waals surface area contributed by atoms with Crippen molar-refractivity contribution < 1.29 is 4.79 Å². The summed E-state index contributed by atoms with van der Waals surface area (Å²) in [5.74, 6) is 0.0926. The Morgan fingerprint density at radius 2 is 2.00 bits per heavy atom. The predicted octanol–water partition coefficient (Wildman–Crippen LogP) is 3.31. The molecular formula is C19H16ClN3O2. The molecule has 5 nitrogen and oxygen atoms in total. The molecule has 1 aromatic heterocycles. The van der Waals surface area contributed by atoms with E-state index in [1.807, 2.05) is 30.3 Å². The van der Waals surface area contributed by atoms with E-state index in [1.165, 1.54) is 0 Å². The molecule has 1 aliphatic rings. The van der Waals surface area contributed by atoms with Gasteiger partial charge in [-0.15, -0.1) is 0 Å². The fraction of sp³-hybridized carbons (Fsp3) is 0.158. The van der Waals surface area contributed by atoms with E-state index in [0.29, 0.717) is 23.6 Å². The third-order valence-electron chi connectivity index (χ3n) is 4.52. The molecule has 2 N–H and O–H groups in total. The number of nitrogens with zero attached hydrogens (tertiary/aromatic N) is 1. The average molecular weight is 354 g/mol. The van der Waals surface area contributed by atoms with Crippen LogP contribution in [0, 0.1) is 0 Å². The van der Waals surface area contributed by atoms with Crippen molar-refractivity contribution in [2.75, 3.05) is 17.3 Å². The number of hydrogen-bond donors (Lipinski definition) is 2. The number of halogens is 1. The minimum atomic E-state index is -0.126. The first-order chi connectivity index (χ1) is 12.0. The molecule has 0 fully saturated rings. The monoisotopic (exact) mass is 353 g/mol. The van der Waals surface area contributed by atoms with Crippen molar-refractivity contribution in [3.63, 3.8) is 0 Å². The number of H-pyrrole nitrogens is 1. The van der Waals surface area contributed by atoms with Gasteiger partial charge in [0.2, 0.25) is 5.91 Å². The van der Waals surface area contributed by atoms with Gasteiger partial charge >= 0.3 is 0 Å². The maximum Gasteiger partial charge on any atom is 0.253 e. The van der Waals surface area contributed by atoms with Crippen LogP contribution in [-0.2, 0) is 17.8 Å². The standard InChI is InChI=1S/C19H16ClN3O2/c1-23-17-5-3-15(8-12(17)9-18(23)24)21-10-13-6-11-7-14(20)2-4-16(11)22-19(13)25/h2-8,21H,9-10H2,1H3,(H,22,25). The normalized spacial score (nSPS) is 13.4. The first kappa shape index (κ1) is 15.7. The Balaban J connectivity index is 1.59. The van der Waals surface area contributed by atoms with Gasteiger partial charge in [0.15, 0.2) is 0 Å². The number of nitrogens with one attached hydrogen (secondary N) is 2. The maximum atomic E-state index is 12.2. The van der Waals surface area contributed by atoms with Gasteiger partial charge < -0.3 is 15.2 Å². The number of benzene rings is 2. The number of hydrogen-bond acceptors (Lipinski definition) is 3.